The highest BCUT2D eigenvalue weighted by atomic mass is 19.3. The number of halogens is 2. The van der Waals surface area contributed by atoms with Gasteiger partial charge in [-0.2, -0.15) is 5.10 Å². The third kappa shape index (κ3) is 3.93. The number of nitrogens with two attached hydrogens (primary N) is 1. The quantitative estimate of drug-likeness (QED) is 0.644. The van der Waals surface area contributed by atoms with Gasteiger partial charge in [0.05, 0.1) is 17.9 Å². The van der Waals surface area contributed by atoms with Crippen molar-refractivity contribution >= 4 is 23.4 Å². The van der Waals surface area contributed by atoms with Gasteiger partial charge in [-0.3, -0.25) is 29.3 Å². The first-order valence-electron chi connectivity index (χ1n) is 11.4. The number of anilines is 1. The Balaban J connectivity index is 1.27. The summed E-state index contributed by atoms with van der Waals surface area (Å²) in [6, 6.07) is 4.92. The number of carbonyl (C=O) groups excluding carboxylic acids is 3. The van der Waals surface area contributed by atoms with E-state index >= 15 is 0 Å². The molecule has 5 rings (SSSR count). The summed E-state index contributed by atoms with van der Waals surface area (Å²) in [5.74, 6) is -0.931. The molecule has 2 saturated heterocycles. The van der Waals surface area contributed by atoms with Crippen LogP contribution in [-0.4, -0.2) is 56.4 Å². The molecule has 1 atom stereocenters. The number of hydrogen-bond acceptors (Lipinski definition) is 6. The van der Waals surface area contributed by atoms with Gasteiger partial charge >= 0.3 is 0 Å². The van der Waals surface area contributed by atoms with Crippen molar-refractivity contribution in [1.29, 1.82) is 0 Å². The van der Waals surface area contributed by atoms with Crippen molar-refractivity contribution in [1.82, 2.24) is 24.9 Å². The van der Waals surface area contributed by atoms with E-state index in [1.165, 1.54) is 10.9 Å². The van der Waals surface area contributed by atoms with Crippen molar-refractivity contribution in [2.45, 2.75) is 57.3 Å². The first kappa shape index (κ1) is 22.5. The molecular formula is C23H26F2N6O3. The maximum Gasteiger partial charge on any atom is 0.282 e. The Kier molecular flexibility index (Phi) is 5.80. The Bertz CT molecular complexity index is 1140. The number of benzene rings is 1. The molecule has 4 heterocycles. The van der Waals surface area contributed by atoms with E-state index in [1.807, 2.05) is 18.2 Å². The second-order valence-electron chi connectivity index (χ2n) is 9.09. The molecule has 3 aliphatic heterocycles. The minimum Gasteiger partial charge on any atom is -0.396 e. The molecule has 180 valence electrons. The molecule has 3 N–H and O–H groups in total. The van der Waals surface area contributed by atoms with Gasteiger partial charge in [0.25, 0.3) is 12.3 Å². The van der Waals surface area contributed by atoms with Crippen molar-refractivity contribution in [3.63, 3.8) is 0 Å². The van der Waals surface area contributed by atoms with E-state index < -0.39 is 18.4 Å². The summed E-state index contributed by atoms with van der Waals surface area (Å²) < 4.78 is 28.1. The molecule has 2 fully saturated rings. The lowest BCUT2D eigenvalue weighted by Crippen LogP contribution is -2.52. The van der Waals surface area contributed by atoms with Gasteiger partial charge in [-0.05, 0) is 30.4 Å². The molecule has 2 aromatic rings. The van der Waals surface area contributed by atoms with Crippen LogP contribution in [0.4, 0.5) is 14.5 Å². The zero-order valence-electron chi connectivity index (χ0n) is 18.5. The second kappa shape index (κ2) is 8.79. The Labute approximate surface area is 194 Å². The van der Waals surface area contributed by atoms with E-state index in [9.17, 15) is 23.2 Å². The van der Waals surface area contributed by atoms with Gasteiger partial charge in [0.2, 0.25) is 11.8 Å². The maximum atomic E-state index is 13.4. The average Bonchev–Trinajstić information content (AvgIpc) is 3.35. The lowest BCUT2D eigenvalue weighted by molar-refractivity contribution is -0.136. The van der Waals surface area contributed by atoms with E-state index in [0.717, 1.165) is 11.1 Å². The summed E-state index contributed by atoms with van der Waals surface area (Å²) in [5, 5.41) is 6.40. The zero-order chi connectivity index (χ0) is 24.0. The van der Waals surface area contributed by atoms with E-state index in [0.29, 0.717) is 51.0 Å². The van der Waals surface area contributed by atoms with Crippen molar-refractivity contribution in [3.8, 4) is 0 Å². The van der Waals surface area contributed by atoms with Crippen LogP contribution in [0.3, 0.4) is 0 Å². The van der Waals surface area contributed by atoms with Crippen molar-refractivity contribution < 1.29 is 23.2 Å². The summed E-state index contributed by atoms with van der Waals surface area (Å²) in [4.78, 5) is 40.8. The SMILES string of the molecule is Nc1cnn(C2CCN(Cc3cccc4c3C(=O)N(C3CCC(=O)NC3=O)C4)CC2)c1C(F)F. The molecule has 0 spiro atoms. The normalized spacial score (nSPS) is 21.9. The highest BCUT2D eigenvalue weighted by Gasteiger charge is 2.40. The number of amides is 3. The van der Waals surface area contributed by atoms with Crippen molar-refractivity contribution in [3.05, 3.63) is 46.8 Å². The molecular weight excluding hydrogens is 446 g/mol. The molecule has 0 radical (unpaired) electrons. The second-order valence-corrected chi connectivity index (χ2v) is 9.09. The van der Waals surface area contributed by atoms with E-state index in [1.54, 1.807) is 4.90 Å². The fourth-order valence-corrected chi connectivity index (χ4v) is 5.29. The third-order valence-electron chi connectivity index (χ3n) is 7.01. The summed E-state index contributed by atoms with van der Waals surface area (Å²) in [5.41, 5.74) is 7.83. The van der Waals surface area contributed by atoms with Gasteiger partial charge in [0.15, 0.2) is 0 Å². The van der Waals surface area contributed by atoms with Gasteiger partial charge in [-0.25, -0.2) is 8.78 Å². The lowest BCUT2D eigenvalue weighted by atomic mass is 10.00. The van der Waals surface area contributed by atoms with E-state index in [4.69, 9.17) is 5.73 Å². The van der Waals surface area contributed by atoms with Crippen LogP contribution in [0.15, 0.2) is 24.4 Å². The molecule has 1 aromatic heterocycles. The maximum absolute atomic E-state index is 13.4. The summed E-state index contributed by atoms with van der Waals surface area (Å²) >= 11 is 0. The topological polar surface area (TPSA) is 114 Å². The number of likely N-dealkylation sites (tertiary alicyclic amines) is 1. The number of rotatable bonds is 5. The zero-order valence-corrected chi connectivity index (χ0v) is 18.5. The van der Waals surface area contributed by atoms with Crippen LogP contribution in [0.1, 0.15) is 65.3 Å². The van der Waals surface area contributed by atoms with Gasteiger partial charge < -0.3 is 10.6 Å². The predicted molar refractivity (Wildman–Crippen MR) is 118 cm³/mol. The molecule has 11 heteroatoms. The largest absolute Gasteiger partial charge is 0.396 e. The molecule has 3 amide bonds. The molecule has 34 heavy (non-hydrogen) atoms. The van der Waals surface area contributed by atoms with E-state index in [2.05, 4.69) is 15.3 Å². The molecule has 0 saturated carbocycles. The van der Waals surface area contributed by atoms with Crippen LogP contribution < -0.4 is 11.1 Å². The Morgan fingerprint density at radius 1 is 1.15 bits per heavy atom. The number of piperidine rings is 2. The van der Waals surface area contributed by atoms with Crippen molar-refractivity contribution in [2.24, 2.45) is 0 Å². The number of hydrogen-bond donors (Lipinski definition) is 2. The van der Waals surface area contributed by atoms with Crippen LogP contribution in [0.5, 0.6) is 0 Å². The van der Waals surface area contributed by atoms with Gasteiger partial charge in [-0.15, -0.1) is 0 Å². The van der Waals surface area contributed by atoms with Crippen LogP contribution >= 0.6 is 0 Å². The molecule has 9 nitrogen and oxygen atoms in total. The average molecular weight is 472 g/mol. The minimum absolute atomic E-state index is 0.0105. The summed E-state index contributed by atoms with van der Waals surface area (Å²) in [7, 11) is 0. The lowest BCUT2D eigenvalue weighted by Gasteiger charge is -2.33. The minimum atomic E-state index is -2.68. The van der Waals surface area contributed by atoms with E-state index in [-0.39, 0.29) is 35.7 Å². The number of fused-ring (bicyclic) bond motifs is 1. The number of aromatic nitrogens is 2. The summed E-state index contributed by atoms with van der Waals surface area (Å²) in [6.07, 6.45) is 0.435. The molecule has 0 aliphatic carbocycles. The fourth-order valence-electron chi connectivity index (χ4n) is 5.29. The number of nitrogens with one attached hydrogen (secondary N) is 1. The predicted octanol–water partition coefficient (Wildman–Crippen LogP) is 2.00. The standard InChI is InChI=1S/C23H26F2N6O3/c24-21(25)20-16(26)10-27-31(20)15-6-8-29(9-7-15)11-13-2-1-3-14-12-30(23(34)19(13)14)17-4-5-18(32)28-22(17)33/h1-3,10,15,17,21H,4-9,11-12,26H2,(H,28,32,33). The van der Waals surface area contributed by atoms with Gasteiger partial charge in [0, 0.05) is 38.2 Å². The van der Waals surface area contributed by atoms with Crippen molar-refractivity contribution in [2.75, 3.05) is 18.8 Å². The first-order valence-corrected chi connectivity index (χ1v) is 11.4. The smallest absolute Gasteiger partial charge is 0.282 e. The van der Waals surface area contributed by atoms with Crippen LogP contribution in [0.2, 0.25) is 0 Å². The molecule has 1 unspecified atom stereocenters. The first-order chi connectivity index (χ1) is 16.3. The monoisotopic (exact) mass is 472 g/mol. The number of imide groups is 1. The number of nitrogens with zero attached hydrogens (tertiary/aromatic N) is 4. The Morgan fingerprint density at radius 2 is 1.91 bits per heavy atom. The van der Waals surface area contributed by atoms with Gasteiger partial charge in [0.1, 0.15) is 11.7 Å². The molecule has 0 bridgehead atoms. The van der Waals surface area contributed by atoms with Crippen LogP contribution in [0.25, 0.3) is 0 Å². The number of alkyl halides is 2. The number of carbonyl (C=O) groups is 3. The fraction of sp³-hybridized carbons (Fsp3) is 0.478. The highest BCUT2D eigenvalue weighted by molar-refractivity contribution is 6.06. The van der Waals surface area contributed by atoms with Crippen LogP contribution in [0, 0.1) is 0 Å². The summed E-state index contributed by atoms with van der Waals surface area (Å²) in [6.45, 7) is 2.23. The van der Waals surface area contributed by atoms with Gasteiger partial charge in [-0.1, -0.05) is 18.2 Å². The van der Waals surface area contributed by atoms with Crippen LogP contribution in [-0.2, 0) is 22.7 Å². The molecule has 1 aromatic carbocycles. The number of nitrogen functional groups attached to an aromatic ring is 1. The highest BCUT2D eigenvalue weighted by Crippen LogP contribution is 2.33. The Morgan fingerprint density at radius 3 is 2.62 bits per heavy atom. The third-order valence-corrected chi connectivity index (χ3v) is 7.01. The Hall–Kier alpha value is -3.34. The molecule has 3 aliphatic rings.